The van der Waals surface area contributed by atoms with Crippen LogP contribution in [-0.2, 0) is 4.74 Å². The maximum atomic E-state index is 12.2. The molecular formula is C5H9FO. The summed E-state index contributed by atoms with van der Waals surface area (Å²) in [5.41, 5.74) is 0. The van der Waals surface area contributed by atoms with Crippen LogP contribution in [0.25, 0.3) is 0 Å². The fourth-order valence-electron chi connectivity index (χ4n) is 0.635. The van der Waals surface area contributed by atoms with Crippen LogP contribution in [0, 0.1) is 5.92 Å². The van der Waals surface area contributed by atoms with Crippen molar-refractivity contribution in [2.75, 3.05) is 13.2 Å². The predicted molar refractivity (Wildman–Crippen MR) is 24.9 cm³/mol. The number of alkyl halides is 1. The van der Waals surface area contributed by atoms with E-state index in [1.165, 1.54) is 0 Å². The van der Waals surface area contributed by atoms with Gasteiger partial charge in [-0.1, -0.05) is 6.92 Å². The topological polar surface area (TPSA) is 9.23 Å². The molecule has 42 valence electrons. The number of ether oxygens (including phenoxy) is 1. The Hall–Kier alpha value is -0.110. The third-order valence-electron chi connectivity index (χ3n) is 1.28. The molecule has 2 heteroatoms. The van der Waals surface area contributed by atoms with Gasteiger partial charge in [0.05, 0.1) is 13.2 Å². The molecule has 0 radical (unpaired) electrons. The fraction of sp³-hybridized carbons (Fsp3) is 1.00. The Labute approximate surface area is 42.5 Å². The van der Waals surface area contributed by atoms with Gasteiger partial charge in [-0.25, -0.2) is 4.39 Å². The zero-order chi connectivity index (χ0) is 5.28. The second-order valence-corrected chi connectivity index (χ2v) is 2.03. The molecule has 1 aliphatic heterocycles. The van der Waals surface area contributed by atoms with E-state index in [-0.39, 0.29) is 5.92 Å². The minimum atomic E-state index is -0.708. The first kappa shape index (κ1) is 5.04. The molecule has 1 aliphatic rings. The SMILES string of the molecule is C[C@H]1COC[C@@H]1F. The summed E-state index contributed by atoms with van der Waals surface area (Å²) in [5.74, 6) is 0.125. The lowest BCUT2D eigenvalue weighted by molar-refractivity contribution is 0.172. The molecule has 0 bridgehead atoms. The highest BCUT2D eigenvalue weighted by molar-refractivity contribution is 4.68. The van der Waals surface area contributed by atoms with E-state index in [0.717, 1.165) is 0 Å². The van der Waals surface area contributed by atoms with Gasteiger partial charge < -0.3 is 4.74 Å². The molecular weight excluding hydrogens is 95.1 g/mol. The van der Waals surface area contributed by atoms with Gasteiger partial charge in [0.15, 0.2) is 0 Å². The van der Waals surface area contributed by atoms with Crippen molar-refractivity contribution in [2.24, 2.45) is 5.92 Å². The van der Waals surface area contributed by atoms with Crippen LogP contribution in [-0.4, -0.2) is 19.4 Å². The number of rotatable bonds is 0. The first-order valence-corrected chi connectivity index (χ1v) is 2.52. The molecule has 0 N–H and O–H groups in total. The van der Waals surface area contributed by atoms with Crippen molar-refractivity contribution in [1.29, 1.82) is 0 Å². The zero-order valence-electron chi connectivity index (χ0n) is 4.36. The predicted octanol–water partition coefficient (Wildman–Crippen LogP) is 0.991. The molecule has 0 saturated carbocycles. The van der Waals surface area contributed by atoms with Gasteiger partial charge in [0.1, 0.15) is 6.17 Å². The van der Waals surface area contributed by atoms with Crippen molar-refractivity contribution in [2.45, 2.75) is 13.1 Å². The van der Waals surface area contributed by atoms with E-state index < -0.39 is 6.17 Å². The Morgan fingerprint density at radius 1 is 1.57 bits per heavy atom. The highest BCUT2D eigenvalue weighted by Crippen LogP contribution is 2.14. The minimum Gasteiger partial charge on any atom is -0.378 e. The van der Waals surface area contributed by atoms with E-state index in [0.29, 0.717) is 13.2 Å². The van der Waals surface area contributed by atoms with E-state index >= 15 is 0 Å². The first-order chi connectivity index (χ1) is 3.30. The molecule has 1 heterocycles. The summed E-state index contributed by atoms with van der Waals surface area (Å²) >= 11 is 0. The number of hydrogen-bond donors (Lipinski definition) is 0. The largest absolute Gasteiger partial charge is 0.378 e. The van der Waals surface area contributed by atoms with E-state index in [1.54, 1.807) is 0 Å². The Morgan fingerprint density at radius 2 is 2.29 bits per heavy atom. The van der Waals surface area contributed by atoms with Crippen molar-refractivity contribution < 1.29 is 9.13 Å². The molecule has 7 heavy (non-hydrogen) atoms. The van der Waals surface area contributed by atoms with Gasteiger partial charge >= 0.3 is 0 Å². The maximum absolute atomic E-state index is 12.2. The third-order valence-corrected chi connectivity index (χ3v) is 1.28. The Morgan fingerprint density at radius 3 is 2.43 bits per heavy atom. The summed E-state index contributed by atoms with van der Waals surface area (Å²) in [7, 11) is 0. The first-order valence-electron chi connectivity index (χ1n) is 2.52. The standard InChI is InChI=1S/C5H9FO/c1-4-2-7-3-5(4)6/h4-5H,2-3H2,1H3/t4-,5-/m0/s1. The van der Waals surface area contributed by atoms with Crippen molar-refractivity contribution in [3.05, 3.63) is 0 Å². The van der Waals surface area contributed by atoms with Crippen LogP contribution in [0.2, 0.25) is 0 Å². The highest BCUT2D eigenvalue weighted by Gasteiger charge is 2.22. The average molecular weight is 104 g/mol. The second kappa shape index (κ2) is 1.78. The average Bonchev–Trinajstić information content (AvgIpc) is 1.91. The zero-order valence-corrected chi connectivity index (χ0v) is 4.36. The summed E-state index contributed by atoms with van der Waals surface area (Å²) in [4.78, 5) is 0. The number of halogens is 1. The normalized spacial score (nSPS) is 42.0. The molecule has 0 spiro atoms. The van der Waals surface area contributed by atoms with E-state index in [9.17, 15) is 4.39 Å². The van der Waals surface area contributed by atoms with Gasteiger partial charge in [-0.15, -0.1) is 0 Å². The van der Waals surface area contributed by atoms with Gasteiger partial charge in [0, 0.05) is 5.92 Å². The molecule has 1 saturated heterocycles. The molecule has 0 amide bonds. The van der Waals surface area contributed by atoms with Crippen molar-refractivity contribution in [3.63, 3.8) is 0 Å². The third kappa shape index (κ3) is 0.911. The van der Waals surface area contributed by atoms with Gasteiger partial charge in [-0.05, 0) is 0 Å². The maximum Gasteiger partial charge on any atom is 0.128 e. The van der Waals surface area contributed by atoms with Crippen LogP contribution in [0.1, 0.15) is 6.92 Å². The highest BCUT2D eigenvalue weighted by atomic mass is 19.1. The summed E-state index contributed by atoms with van der Waals surface area (Å²) in [6.07, 6.45) is -0.708. The number of hydrogen-bond acceptors (Lipinski definition) is 1. The van der Waals surface area contributed by atoms with Crippen LogP contribution < -0.4 is 0 Å². The quantitative estimate of drug-likeness (QED) is 0.445. The lowest BCUT2D eigenvalue weighted by Crippen LogP contribution is -2.07. The molecule has 1 nitrogen and oxygen atoms in total. The van der Waals surface area contributed by atoms with Crippen LogP contribution in [0.5, 0.6) is 0 Å². The molecule has 1 rings (SSSR count). The monoisotopic (exact) mass is 104 g/mol. The van der Waals surface area contributed by atoms with Gasteiger partial charge in [0.2, 0.25) is 0 Å². The molecule has 1 fully saturated rings. The molecule has 0 aromatic carbocycles. The summed E-state index contributed by atoms with van der Waals surface area (Å²) in [6.45, 7) is 2.76. The van der Waals surface area contributed by atoms with Crippen molar-refractivity contribution in [3.8, 4) is 0 Å². The van der Waals surface area contributed by atoms with Crippen LogP contribution in [0.15, 0.2) is 0 Å². The van der Waals surface area contributed by atoms with Crippen LogP contribution in [0.4, 0.5) is 4.39 Å². The van der Waals surface area contributed by atoms with E-state index in [1.807, 2.05) is 6.92 Å². The van der Waals surface area contributed by atoms with Crippen molar-refractivity contribution in [1.82, 2.24) is 0 Å². The minimum absolute atomic E-state index is 0.125. The molecule has 0 aliphatic carbocycles. The van der Waals surface area contributed by atoms with E-state index in [4.69, 9.17) is 4.74 Å². The van der Waals surface area contributed by atoms with Crippen molar-refractivity contribution >= 4 is 0 Å². The second-order valence-electron chi connectivity index (χ2n) is 2.03. The van der Waals surface area contributed by atoms with Crippen LogP contribution in [0.3, 0.4) is 0 Å². The summed E-state index contributed by atoms with van der Waals surface area (Å²) < 4.78 is 17.0. The summed E-state index contributed by atoms with van der Waals surface area (Å²) in [5, 5.41) is 0. The smallest absolute Gasteiger partial charge is 0.128 e. The van der Waals surface area contributed by atoms with Gasteiger partial charge in [0.25, 0.3) is 0 Å². The molecule has 2 atom stereocenters. The molecule has 0 unspecified atom stereocenters. The lowest BCUT2D eigenvalue weighted by Gasteiger charge is -1.97. The van der Waals surface area contributed by atoms with Crippen LogP contribution >= 0.6 is 0 Å². The molecule has 0 aromatic rings. The lowest BCUT2D eigenvalue weighted by atomic mass is 10.1. The molecule has 0 aromatic heterocycles. The van der Waals surface area contributed by atoms with Gasteiger partial charge in [-0.2, -0.15) is 0 Å². The fourth-order valence-corrected chi connectivity index (χ4v) is 0.635. The Balaban J connectivity index is 2.33. The van der Waals surface area contributed by atoms with Gasteiger partial charge in [-0.3, -0.25) is 0 Å². The summed E-state index contributed by atoms with van der Waals surface area (Å²) in [6, 6.07) is 0. The Kier molecular flexibility index (Phi) is 1.28. The van der Waals surface area contributed by atoms with E-state index in [2.05, 4.69) is 0 Å². The Bertz CT molecular complexity index is 57.1.